The van der Waals surface area contributed by atoms with Crippen molar-refractivity contribution >= 4 is 26.3 Å². The van der Waals surface area contributed by atoms with Crippen LogP contribution in [0, 0.1) is 5.82 Å². The highest BCUT2D eigenvalue weighted by atomic mass is 32.2. The summed E-state index contributed by atoms with van der Waals surface area (Å²) in [7, 11) is -4.59. The molecular formula is C10H14FNO3S2. The normalized spacial score (nSPS) is 13.5. The number of hydrogen-bond acceptors (Lipinski definition) is 4. The standard InChI is InChI=1S/C10H14FNO3S2/c1-17(14,15)6-5-16(13)7-8-9(11)3-2-4-10(8)12/h2-4H,5-7,12H2,1H3. The van der Waals surface area contributed by atoms with Gasteiger partial charge in [0.25, 0.3) is 0 Å². The monoisotopic (exact) mass is 279 g/mol. The molecular weight excluding hydrogens is 265 g/mol. The molecule has 1 unspecified atom stereocenters. The van der Waals surface area contributed by atoms with Gasteiger partial charge in [-0.15, -0.1) is 0 Å². The van der Waals surface area contributed by atoms with E-state index < -0.39 is 26.5 Å². The Kier molecular flexibility index (Phi) is 4.64. The van der Waals surface area contributed by atoms with E-state index in [-0.39, 0.29) is 28.5 Å². The predicted octanol–water partition coefficient (Wildman–Crippen LogP) is 0.701. The fourth-order valence-electron chi connectivity index (χ4n) is 1.21. The molecule has 0 aliphatic carbocycles. The minimum Gasteiger partial charge on any atom is -0.398 e. The number of nitrogens with two attached hydrogens (primary N) is 1. The van der Waals surface area contributed by atoms with Crippen molar-refractivity contribution in [3.63, 3.8) is 0 Å². The lowest BCUT2D eigenvalue weighted by atomic mass is 10.2. The molecule has 1 rings (SSSR count). The number of benzene rings is 1. The number of nitrogen functional groups attached to an aromatic ring is 1. The average molecular weight is 279 g/mol. The fraction of sp³-hybridized carbons (Fsp3) is 0.400. The molecule has 1 aromatic carbocycles. The lowest BCUT2D eigenvalue weighted by Crippen LogP contribution is -2.13. The molecule has 7 heteroatoms. The van der Waals surface area contributed by atoms with Gasteiger partial charge in [-0.3, -0.25) is 4.21 Å². The molecule has 0 aliphatic rings. The second kappa shape index (κ2) is 5.59. The van der Waals surface area contributed by atoms with Gasteiger partial charge in [-0.05, 0) is 12.1 Å². The van der Waals surface area contributed by atoms with Crippen molar-refractivity contribution < 1.29 is 17.0 Å². The van der Waals surface area contributed by atoms with Crippen LogP contribution in [-0.2, 0) is 26.4 Å². The number of hydrogen-bond donors (Lipinski definition) is 1. The van der Waals surface area contributed by atoms with Crippen molar-refractivity contribution in [3.05, 3.63) is 29.6 Å². The summed E-state index contributed by atoms with van der Waals surface area (Å²) in [5, 5.41) is 0. The van der Waals surface area contributed by atoms with E-state index in [2.05, 4.69) is 0 Å². The van der Waals surface area contributed by atoms with Crippen molar-refractivity contribution in [2.75, 3.05) is 23.5 Å². The van der Waals surface area contributed by atoms with Gasteiger partial charge in [0.2, 0.25) is 0 Å². The Balaban J connectivity index is 2.69. The molecule has 96 valence electrons. The van der Waals surface area contributed by atoms with Crippen LogP contribution in [0.5, 0.6) is 0 Å². The minimum atomic E-state index is -3.15. The van der Waals surface area contributed by atoms with Crippen LogP contribution in [0.1, 0.15) is 5.56 Å². The number of sulfone groups is 1. The Morgan fingerprint density at radius 1 is 1.41 bits per heavy atom. The quantitative estimate of drug-likeness (QED) is 0.805. The first kappa shape index (κ1) is 14.1. The summed E-state index contributed by atoms with van der Waals surface area (Å²) in [6, 6.07) is 4.22. The van der Waals surface area contributed by atoms with E-state index in [0.29, 0.717) is 0 Å². The van der Waals surface area contributed by atoms with Crippen LogP contribution in [0.2, 0.25) is 0 Å². The smallest absolute Gasteiger partial charge is 0.148 e. The van der Waals surface area contributed by atoms with Crippen LogP contribution in [0.3, 0.4) is 0 Å². The molecule has 1 aromatic rings. The zero-order chi connectivity index (χ0) is 13.1. The highest BCUT2D eigenvalue weighted by molar-refractivity contribution is 7.92. The van der Waals surface area contributed by atoms with Crippen LogP contribution in [-0.4, -0.2) is 30.4 Å². The van der Waals surface area contributed by atoms with Crippen molar-refractivity contribution in [2.45, 2.75) is 5.75 Å². The third-order valence-corrected chi connectivity index (χ3v) is 4.62. The lowest BCUT2D eigenvalue weighted by Gasteiger charge is -2.06. The third-order valence-electron chi connectivity index (χ3n) is 2.14. The molecule has 0 saturated heterocycles. The topological polar surface area (TPSA) is 77.2 Å². The molecule has 0 spiro atoms. The van der Waals surface area contributed by atoms with Crippen LogP contribution < -0.4 is 5.73 Å². The molecule has 4 nitrogen and oxygen atoms in total. The zero-order valence-electron chi connectivity index (χ0n) is 9.35. The summed E-state index contributed by atoms with van der Waals surface area (Å²) < 4.78 is 46.7. The van der Waals surface area contributed by atoms with Gasteiger partial charge >= 0.3 is 0 Å². The van der Waals surface area contributed by atoms with Crippen LogP contribution >= 0.6 is 0 Å². The Labute approximate surface area is 102 Å². The van der Waals surface area contributed by atoms with Crippen LogP contribution in [0.25, 0.3) is 0 Å². The Bertz CT molecular complexity index is 508. The van der Waals surface area contributed by atoms with Gasteiger partial charge in [0.1, 0.15) is 15.7 Å². The first-order chi connectivity index (χ1) is 7.79. The van der Waals surface area contributed by atoms with E-state index in [9.17, 15) is 17.0 Å². The molecule has 17 heavy (non-hydrogen) atoms. The maximum absolute atomic E-state index is 13.4. The molecule has 2 N–H and O–H groups in total. The van der Waals surface area contributed by atoms with Crippen LogP contribution in [0.15, 0.2) is 18.2 Å². The van der Waals surface area contributed by atoms with Crippen molar-refractivity contribution in [3.8, 4) is 0 Å². The first-order valence-corrected chi connectivity index (χ1v) is 8.40. The van der Waals surface area contributed by atoms with E-state index in [4.69, 9.17) is 5.73 Å². The van der Waals surface area contributed by atoms with Gasteiger partial charge in [0.05, 0.1) is 11.5 Å². The molecule has 1 atom stereocenters. The van der Waals surface area contributed by atoms with Gasteiger partial charge in [-0.2, -0.15) is 0 Å². The number of rotatable bonds is 5. The van der Waals surface area contributed by atoms with Gasteiger partial charge in [0.15, 0.2) is 0 Å². The van der Waals surface area contributed by atoms with Crippen LogP contribution in [0.4, 0.5) is 10.1 Å². The van der Waals surface area contributed by atoms with Gasteiger partial charge in [-0.25, -0.2) is 12.8 Å². The van der Waals surface area contributed by atoms with Crippen molar-refractivity contribution in [1.29, 1.82) is 0 Å². The number of halogens is 1. The Hall–Kier alpha value is -0.950. The van der Waals surface area contributed by atoms with Crippen molar-refractivity contribution in [1.82, 2.24) is 0 Å². The molecule has 0 aromatic heterocycles. The molecule has 0 radical (unpaired) electrons. The van der Waals surface area contributed by atoms with E-state index in [1.165, 1.54) is 18.2 Å². The Morgan fingerprint density at radius 2 is 2.06 bits per heavy atom. The maximum Gasteiger partial charge on any atom is 0.148 e. The maximum atomic E-state index is 13.4. The highest BCUT2D eigenvalue weighted by Gasteiger charge is 2.12. The number of anilines is 1. The van der Waals surface area contributed by atoms with E-state index in [1.807, 2.05) is 0 Å². The molecule has 0 bridgehead atoms. The molecule has 0 aliphatic heterocycles. The van der Waals surface area contributed by atoms with E-state index in [1.54, 1.807) is 0 Å². The average Bonchev–Trinajstić information content (AvgIpc) is 2.20. The molecule has 0 saturated carbocycles. The van der Waals surface area contributed by atoms with Gasteiger partial charge < -0.3 is 5.73 Å². The van der Waals surface area contributed by atoms with Crippen molar-refractivity contribution in [2.24, 2.45) is 0 Å². The largest absolute Gasteiger partial charge is 0.398 e. The summed E-state index contributed by atoms with van der Waals surface area (Å²) in [4.78, 5) is 0. The summed E-state index contributed by atoms with van der Waals surface area (Å²) in [5.41, 5.74) is 5.97. The lowest BCUT2D eigenvalue weighted by molar-refractivity contribution is 0.602. The molecule has 0 fully saturated rings. The molecule has 0 amide bonds. The molecule has 0 heterocycles. The zero-order valence-corrected chi connectivity index (χ0v) is 11.0. The SMILES string of the molecule is CS(=O)(=O)CCS(=O)Cc1c(N)cccc1F. The summed E-state index contributed by atoms with van der Waals surface area (Å²) in [6.07, 6.45) is 1.07. The predicted molar refractivity (Wildman–Crippen MR) is 67.2 cm³/mol. The van der Waals surface area contributed by atoms with Gasteiger partial charge in [0, 0.05) is 34.1 Å². The Morgan fingerprint density at radius 3 is 2.59 bits per heavy atom. The summed E-state index contributed by atoms with van der Waals surface area (Å²) in [5.74, 6) is -0.757. The third kappa shape index (κ3) is 4.82. The van der Waals surface area contributed by atoms with Gasteiger partial charge in [-0.1, -0.05) is 6.07 Å². The second-order valence-corrected chi connectivity index (χ2v) is 7.56. The first-order valence-electron chi connectivity index (χ1n) is 4.85. The second-order valence-electron chi connectivity index (χ2n) is 3.73. The van der Waals surface area contributed by atoms with E-state index in [0.717, 1.165) is 6.26 Å². The fourth-order valence-corrected chi connectivity index (χ4v) is 3.93. The highest BCUT2D eigenvalue weighted by Crippen LogP contribution is 2.17. The minimum absolute atomic E-state index is 0.00733. The summed E-state index contributed by atoms with van der Waals surface area (Å²) >= 11 is 0. The van der Waals surface area contributed by atoms with E-state index >= 15 is 0 Å². The summed E-state index contributed by atoms with van der Waals surface area (Å²) in [6.45, 7) is 0.